The Balaban J connectivity index is 1.94. The number of hydrogen-bond acceptors (Lipinski definition) is 2. The van der Waals surface area contributed by atoms with E-state index in [1.165, 1.54) is 5.56 Å². The van der Waals surface area contributed by atoms with Gasteiger partial charge >= 0.3 is 0 Å². The van der Waals surface area contributed by atoms with Crippen molar-refractivity contribution < 1.29 is 4.74 Å². The predicted molar refractivity (Wildman–Crippen MR) is 87.6 cm³/mol. The first kappa shape index (κ1) is 15.4. The van der Waals surface area contributed by atoms with Crippen LogP contribution in [0.3, 0.4) is 0 Å². The Morgan fingerprint density at radius 3 is 2.70 bits per heavy atom. The van der Waals surface area contributed by atoms with E-state index in [1.807, 2.05) is 43.4 Å². The van der Waals surface area contributed by atoms with Crippen LogP contribution in [0.4, 0.5) is 0 Å². The van der Waals surface area contributed by atoms with Crippen LogP contribution in [0.2, 0.25) is 5.02 Å². The molecule has 0 aromatic heterocycles. The molecule has 2 aromatic rings. The number of halogens is 2. The summed E-state index contributed by atoms with van der Waals surface area (Å²) in [5.41, 5.74) is 1.27. The van der Waals surface area contributed by atoms with E-state index in [4.69, 9.17) is 16.3 Å². The topological polar surface area (TPSA) is 21.3 Å². The van der Waals surface area contributed by atoms with Crippen molar-refractivity contribution >= 4 is 27.5 Å². The van der Waals surface area contributed by atoms with Crippen molar-refractivity contribution in [2.75, 3.05) is 13.7 Å². The van der Waals surface area contributed by atoms with Gasteiger partial charge in [0, 0.05) is 15.5 Å². The van der Waals surface area contributed by atoms with Gasteiger partial charge in [-0.05, 0) is 43.3 Å². The third-order valence-corrected chi connectivity index (χ3v) is 4.09. The number of ether oxygens (including phenoxy) is 1. The van der Waals surface area contributed by atoms with E-state index in [-0.39, 0.29) is 6.04 Å². The highest BCUT2D eigenvalue weighted by Gasteiger charge is 2.10. The van der Waals surface area contributed by atoms with E-state index < -0.39 is 0 Å². The van der Waals surface area contributed by atoms with E-state index in [0.717, 1.165) is 16.6 Å². The number of rotatable bonds is 6. The van der Waals surface area contributed by atoms with Crippen molar-refractivity contribution in [3.8, 4) is 5.75 Å². The number of likely N-dealkylation sites (N-methyl/N-ethyl adjacent to an activating group) is 1. The van der Waals surface area contributed by atoms with E-state index >= 15 is 0 Å². The maximum Gasteiger partial charge on any atom is 0.120 e. The summed E-state index contributed by atoms with van der Waals surface area (Å²) in [5.74, 6) is 0.796. The van der Waals surface area contributed by atoms with Crippen LogP contribution in [0.15, 0.2) is 53.0 Å². The van der Waals surface area contributed by atoms with Crippen molar-refractivity contribution in [2.24, 2.45) is 0 Å². The summed E-state index contributed by atoms with van der Waals surface area (Å²) in [6.07, 6.45) is 0.901. The molecular formula is C16H17BrClNO. The zero-order valence-corrected chi connectivity index (χ0v) is 13.6. The van der Waals surface area contributed by atoms with E-state index in [2.05, 4.69) is 33.4 Å². The van der Waals surface area contributed by atoms with Crippen molar-refractivity contribution in [2.45, 2.75) is 12.5 Å². The van der Waals surface area contributed by atoms with Gasteiger partial charge in [0.2, 0.25) is 0 Å². The minimum Gasteiger partial charge on any atom is -0.492 e. The monoisotopic (exact) mass is 353 g/mol. The molecule has 0 saturated carbocycles. The van der Waals surface area contributed by atoms with Gasteiger partial charge in [-0.25, -0.2) is 0 Å². The summed E-state index contributed by atoms with van der Waals surface area (Å²) in [5, 5.41) is 3.97. The Morgan fingerprint density at radius 1 is 1.20 bits per heavy atom. The number of nitrogens with one attached hydrogen (secondary N) is 1. The van der Waals surface area contributed by atoms with Gasteiger partial charge in [0.05, 0.1) is 0 Å². The van der Waals surface area contributed by atoms with Gasteiger partial charge in [-0.3, -0.25) is 0 Å². The van der Waals surface area contributed by atoms with Crippen LogP contribution in [0.5, 0.6) is 5.75 Å². The molecule has 20 heavy (non-hydrogen) atoms. The lowest BCUT2D eigenvalue weighted by Gasteiger charge is -2.18. The Hall–Kier alpha value is -1.03. The number of benzene rings is 2. The van der Waals surface area contributed by atoms with Gasteiger partial charge in [0.1, 0.15) is 12.4 Å². The van der Waals surface area contributed by atoms with Gasteiger partial charge in [-0.15, -0.1) is 0 Å². The van der Waals surface area contributed by atoms with Gasteiger partial charge in [0.25, 0.3) is 0 Å². The zero-order valence-electron chi connectivity index (χ0n) is 11.3. The molecule has 0 aliphatic heterocycles. The van der Waals surface area contributed by atoms with Crippen LogP contribution in [-0.4, -0.2) is 19.7 Å². The highest BCUT2D eigenvalue weighted by molar-refractivity contribution is 9.10. The summed E-state index contributed by atoms with van der Waals surface area (Å²) < 4.78 is 6.92. The minimum absolute atomic E-state index is 0.243. The third kappa shape index (κ3) is 4.51. The maximum absolute atomic E-state index is 5.94. The van der Waals surface area contributed by atoms with Gasteiger partial charge in [-0.2, -0.15) is 0 Å². The molecule has 2 aromatic carbocycles. The van der Waals surface area contributed by atoms with Crippen molar-refractivity contribution in [3.63, 3.8) is 0 Å². The molecule has 1 atom stereocenters. The maximum atomic E-state index is 5.94. The van der Waals surface area contributed by atoms with Crippen molar-refractivity contribution in [3.05, 3.63) is 63.6 Å². The Labute approximate surface area is 133 Å². The smallest absolute Gasteiger partial charge is 0.120 e. The summed E-state index contributed by atoms with van der Waals surface area (Å²) in [7, 11) is 1.95. The molecule has 106 valence electrons. The standard InChI is InChI=1S/C16H17BrClNO/c1-19-14(9-12-5-2-3-8-16(12)17)11-20-15-7-4-6-13(18)10-15/h2-8,10,14,19H,9,11H2,1H3. The summed E-state index contributed by atoms with van der Waals surface area (Å²) >= 11 is 9.52. The number of hydrogen-bond donors (Lipinski definition) is 1. The molecule has 0 amide bonds. The molecule has 0 aliphatic rings. The molecule has 1 N–H and O–H groups in total. The lowest BCUT2D eigenvalue weighted by Crippen LogP contribution is -2.33. The van der Waals surface area contributed by atoms with Gasteiger partial charge in [-0.1, -0.05) is 51.8 Å². The fraction of sp³-hybridized carbons (Fsp3) is 0.250. The van der Waals surface area contributed by atoms with Gasteiger partial charge < -0.3 is 10.1 Å². The average Bonchev–Trinajstić information content (AvgIpc) is 2.45. The van der Waals surface area contributed by atoms with Crippen LogP contribution in [0, 0.1) is 0 Å². The second-order valence-corrected chi connectivity index (χ2v) is 5.84. The van der Waals surface area contributed by atoms with Crippen LogP contribution < -0.4 is 10.1 Å². The van der Waals surface area contributed by atoms with Crippen LogP contribution in [0.1, 0.15) is 5.56 Å². The van der Waals surface area contributed by atoms with Crippen LogP contribution >= 0.6 is 27.5 Å². The molecule has 2 nitrogen and oxygen atoms in total. The predicted octanol–water partition coefficient (Wildman–Crippen LogP) is 4.31. The van der Waals surface area contributed by atoms with E-state index in [9.17, 15) is 0 Å². The molecule has 1 unspecified atom stereocenters. The molecule has 4 heteroatoms. The summed E-state index contributed by atoms with van der Waals surface area (Å²) in [4.78, 5) is 0. The molecule has 2 rings (SSSR count). The summed E-state index contributed by atoms with van der Waals surface area (Å²) in [6.45, 7) is 0.595. The normalized spacial score (nSPS) is 12.2. The zero-order chi connectivity index (χ0) is 14.4. The molecule has 0 bridgehead atoms. The largest absolute Gasteiger partial charge is 0.492 e. The highest BCUT2D eigenvalue weighted by atomic mass is 79.9. The Kier molecular flexibility index (Phi) is 5.89. The third-order valence-electron chi connectivity index (χ3n) is 3.08. The lowest BCUT2D eigenvalue weighted by atomic mass is 10.1. The first-order valence-corrected chi connectivity index (χ1v) is 7.65. The molecule has 0 aliphatic carbocycles. The first-order valence-electron chi connectivity index (χ1n) is 6.48. The SMILES string of the molecule is CNC(COc1cccc(Cl)c1)Cc1ccccc1Br. The second-order valence-electron chi connectivity index (χ2n) is 4.55. The van der Waals surface area contributed by atoms with Crippen molar-refractivity contribution in [1.82, 2.24) is 5.32 Å². The summed E-state index contributed by atoms with van der Waals surface area (Å²) in [6, 6.07) is 15.9. The molecule has 0 radical (unpaired) electrons. The van der Waals surface area contributed by atoms with E-state index in [1.54, 1.807) is 0 Å². The van der Waals surface area contributed by atoms with Crippen LogP contribution in [0.25, 0.3) is 0 Å². The Bertz CT molecular complexity index is 562. The van der Waals surface area contributed by atoms with Gasteiger partial charge in [0.15, 0.2) is 0 Å². The second kappa shape index (κ2) is 7.67. The van der Waals surface area contributed by atoms with E-state index in [0.29, 0.717) is 11.6 Å². The molecular weight excluding hydrogens is 338 g/mol. The molecule has 0 spiro atoms. The Morgan fingerprint density at radius 2 is 2.00 bits per heavy atom. The lowest BCUT2D eigenvalue weighted by molar-refractivity contribution is 0.269. The fourth-order valence-corrected chi connectivity index (χ4v) is 2.55. The fourth-order valence-electron chi connectivity index (χ4n) is 1.93. The average molecular weight is 355 g/mol. The van der Waals surface area contributed by atoms with Crippen LogP contribution in [-0.2, 0) is 6.42 Å². The highest BCUT2D eigenvalue weighted by Crippen LogP contribution is 2.19. The first-order chi connectivity index (χ1) is 9.69. The molecule has 0 heterocycles. The van der Waals surface area contributed by atoms with Crippen molar-refractivity contribution in [1.29, 1.82) is 0 Å². The molecule has 0 fully saturated rings. The quantitative estimate of drug-likeness (QED) is 0.834. The minimum atomic E-state index is 0.243. The molecule has 0 saturated heterocycles.